The van der Waals surface area contributed by atoms with Crippen molar-refractivity contribution in [3.05, 3.63) is 0 Å². The van der Waals surface area contributed by atoms with E-state index in [9.17, 15) is 9.90 Å². The summed E-state index contributed by atoms with van der Waals surface area (Å²) in [6, 6.07) is 0.0741. The summed E-state index contributed by atoms with van der Waals surface area (Å²) in [4.78, 5) is 12.2. The molecule has 0 heterocycles. The Morgan fingerprint density at radius 1 is 0.724 bits per heavy atom. The summed E-state index contributed by atoms with van der Waals surface area (Å²) >= 11 is 0. The normalized spacial score (nSPS) is 12.9. The van der Waals surface area contributed by atoms with Gasteiger partial charge in [0.05, 0.1) is 20.7 Å². The number of nitrogens with one attached hydrogen (secondary N) is 1. The maximum Gasteiger partial charge on any atom is 0.264 e. The molecular weight excluding hydrogens is 360 g/mol. The number of rotatable bonds is 21. The minimum Gasteiger partial charge on any atom is -0.390 e. The average molecular weight is 414 g/mol. The molecule has 0 fully saturated rings. The van der Waals surface area contributed by atoms with E-state index in [1.165, 1.54) is 83.5 Å². The SMILES string of the molecule is CCCCCCCCCCCCCCCCCC(=O)N[N+](C)(C)C(CO)CCC. The molecule has 29 heavy (non-hydrogen) atoms. The van der Waals surface area contributed by atoms with Crippen molar-refractivity contribution in [3.63, 3.8) is 0 Å². The molecule has 1 atom stereocenters. The summed E-state index contributed by atoms with van der Waals surface area (Å²) in [6.45, 7) is 4.50. The molecule has 2 N–H and O–H groups in total. The van der Waals surface area contributed by atoms with Gasteiger partial charge < -0.3 is 5.11 Å². The van der Waals surface area contributed by atoms with Crippen LogP contribution in [0.25, 0.3) is 0 Å². The van der Waals surface area contributed by atoms with Crippen LogP contribution in [0.4, 0.5) is 0 Å². The van der Waals surface area contributed by atoms with Gasteiger partial charge in [-0.3, -0.25) is 4.79 Å². The number of carbonyl (C=O) groups is 1. The number of carbonyl (C=O) groups excluding carboxylic acids is 1. The molecule has 4 nitrogen and oxygen atoms in total. The molecule has 0 saturated carbocycles. The van der Waals surface area contributed by atoms with Gasteiger partial charge in [-0.25, -0.2) is 10.0 Å². The second-order valence-electron chi connectivity index (χ2n) is 9.40. The Morgan fingerprint density at radius 2 is 1.14 bits per heavy atom. The van der Waals surface area contributed by atoms with Gasteiger partial charge in [0.1, 0.15) is 6.04 Å². The maximum atomic E-state index is 12.2. The van der Waals surface area contributed by atoms with Gasteiger partial charge in [0, 0.05) is 12.8 Å². The molecule has 0 rings (SSSR count). The van der Waals surface area contributed by atoms with E-state index in [0.717, 1.165) is 25.7 Å². The Hall–Kier alpha value is -0.610. The van der Waals surface area contributed by atoms with Crippen LogP contribution in [0.15, 0.2) is 0 Å². The molecule has 0 saturated heterocycles. The zero-order valence-corrected chi connectivity index (χ0v) is 20.3. The minimum atomic E-state index is 0.0741. The van der Waals surface area contributed by atoms with Gasteiger partial charge in [-0.2, -0.15) is 0 Å². The Labute approximate surface area is 182 Å². The molecule has 0 aliphatic carbocycles. The average Bonchev–Trinajstić information content (AvgIpc) is 2.68. The van der Waals surface area contributed by atoms with E-state index >= 15 is 0 Å². The molecule has 0 aromatic rings. The Morgan fingerprint density at radius 3 is 1.52 bits per heavy atom. The number of aliphatic hydroxyl groups is 1. The van der Waals surface area contributed by atoms with E-state index in [1.807, 2.05) is 14.1 Å². The number of unbranched alkanes of at least 4 members (excludes halogenated alkanes) is 14. The van der Waals surface area contributed by atoms with Crippen molar-refractivity contribution in [1.82, 2.24) is 5.43 Å². The van der Waals surface area contributed by atoms with E-state index in [0.29, 0.717) is 11.0 Å². The molecule has 1 unspecified atom stereocenters. The van der Waals surface area contributed by atoms with Crippen LogP contribution < -0.4 is 5.43 Å². The monoisotopic (exact) mass is 413 g/mol. The van der Waals surface area contributed by atoms with Crippen molar-refractivity contribution in [2.75, 3.05) is 20.7 Å². The Kier molecular flexibility index (Phi) is 19.0. The van der Waals surface area contributed by atoms with E-state index in [-0.39, 0.29) is 18.6 Å². The highest BCUT2D eigenvalue weighted by molar-refractivity contribution is 5.74. The molecule has 0 radical (unpaired) electrons. The molecular formula is C25H53N2O2+. The van der Waals surface area contributed by atoms with Gasteiger partial charge in [-0.05, 0) is 6.42 Å². The second kappa shape index (κ2) is 19.4. The van der Waals surface area contributed by atoms with Crippen LogP contribution in [0.2, 0.25) is 0 Å². The van der Waals surface area contributed by atoms with Crippen molar-refractivity contribution >= 4 is 5.91 Å². The lowest BCUT2D eigenvalue weighted by atomic mass is 10.0. The van der Waals surface area contributed by atoms with Crippen LogP contribution in [0.1, 0.15) is 129 Å². The highest BCUT2D eigenvalue weighted by Crippen LogP contribution is 2.14. The molecule has 0 aromatic carbocycles. The van der Waals surface area contributed by atoms with Gasteiger partial charge >= 0.3 is 0 Å². The first-order valence-corrected chi connectivity index (χ1v) is 12.7. The molecule has 0 aromatic heterocycles. The Bertz CT molecular complexity index is 372. The van der Waals surface area contributed by atoms with Gasteiger partial charge in [0.2, 0.25) is 0 Å². The zero-order valence-electron chi connectivity index (χ0n) is 20.3. The number of hydrogen-bond acceptors (Lipinski definition) is 2. The van der Waals surface area contributed by atoms with Crippen LogP contribution >= 0.6 is 0 Å². The highest BCUT2D eigenvalue weighted by atomic mass is 16.3. The number of hydrogen-bond donors (Lipinski definition) is 2. The second-order valence-corrected chi connectivity index (χ2v) is 9.40. The lowest BCUT2D eigenvalue weighted by Crippen LogP contribution is -2.61. The van der Waals surface area contributed by atoms with E-state index in [4.69, 9.17) is 0 Å². The largest absolute Gasteiger partial charge is 0.390 e. The van der Waals surface area contributed by atoms with Crippen molar-refractivity contribution in [3.8, 4) is 0 Å². The van der Waals surface area contributed by atoms with Gasteiger partial charge in [-0.15, -0.1) is 0 Å². The molecule has 1 amide bonds. The van der Waals surface area contributed by atoms with Crippen molar-refractivity contribution in [2.24, 2.45) is 0 Å². The first-order valence-electron chi connectivity index (χ1n) is 12.7. The fourth-order valence-corrected chi connectivity index (χ4v) is 4.08. The standard InChI is InChI=1S/C25H52N2O2/c1-5-7-8-9-10-11-12-13-14-15-16-17-18-19-20-22-25(29)26-27(3,4)24(23-28)21-6-2/h24,28H,5-23H2,1-4H3/p+1. The number of amides is 1. The number of nitrogens with zero attached hydrogens (tertiary/aromatic N) is 1. The summed E-state index contributed by atoms with van der Waals surface area (Å²) in [5.74, 6) is 0.110. The van der Waals surface area contributed by atoms with Gasteiger partial charge in [0.25, 0.3) is 5.91 Å². The first-order chi connectivity index (χ1) is 14.0. The third kappa shape index (κ3) is 16.8. The lowest BCUT2D eigenvalue weighted by Gasteiger charge is -2.36. The first kappa shape index (κ1) is 28.4. The predicted octanol–water partition coefficient (Wildman–Crippen LogP) is 6.52. The maximum absolute atomic E-state index is 12.2. The van der Waals surface area contributed by atoms with Crippen LogP contribution in [0.5, 0.6) is 0 Å². The fraction of sp³-hybridized carbons (Fsp3) is 0.960. The summed E-state index contributed by atoms with van der Waals surface area (Å²) in [5, 5.41) is 9.56. The molecule has 0 spiro atoms. The molecule has 0 aliphatic rings. The molecule has 4 heteroatoms. The van der Waals surface area contributed by atoms with Crippen LogP contribution in [-0.2, 0) is 4.79 Å². The predicted molar refractivity (Wildman–Crippen MR) is 126 cm³/mol. The third-order valence-electron chi connectivity index (χ3n) is 6.17. The van der Waals surface area contributed by atoms with Crippen molar-refractivity contribution in [2.45, 2.75) is 135 Å². The van der Waals surface area contributed by atoms with Gasteiger partial charge in [0.15, 0.2) is 0 Å². The Balaban J connectivity index is 3.49. The quantitative estimate of drug-likeness (QED) is 0.128. The summed E-state index contributed by atoms with van der Waals surface area (Å²) in [5.41, 5.74) is 3.08. The number of aliphatic hydroxyl groups excluding tert-OH is 1. The van der Waals surface area contributed by atoms with Gasteiger partial charge in [-0.1, -0.05) is 110 Å². The minimum absolute atomic E-state index is 0.0741. The van der Waals surface area contributed by atoms with Crippen LogP contribution in [-0.4, -0.2) is 42.3 Å². The summed E-state index contributed by atoms with van der Waals surface area (Å²) < 4.78 is 0.377. The van der Waals surface area contributed by atoms with Crippen molar-refractivity contribution in [1.29, 1.82) is 0 Å². The smallest absolute Gasteiger partial charge is 0.264 e. The molecule has 0 aliphatic heterocycles. The highest BCUT2D eigenvalue weighted by Gasteiger charge is 2.29. The summed E-state index contributed by atoms with van der Waals surface area (Å²) in [7, 11) is 3.95. The lowest BCUT2D eigenvalue weighted by molar-refractivity contribution is -0.949. The summed E-state index contributed by atoms with van der Waals surface area (Å²) in [6.07, 6.45) is 22.6. The fourth-order valence-electron chi connectivity index (χ4n) is 4.08. The topological polar surface area (TPSA) is 49.3 Å². The molecule has 174 valence electrons. The van der Waals surface area contributed by atoms with Crippen molar-refractivity contribution < 1.29 is 14.5 Å². The molecule has 0 bridgehead atoms. The van der Waals surface area contributed by atoms with Crippen LogP contribution in [0.3, 0.4) is 0 Å². The van der Waals surface area contributed by atoms with E-state index < -0.39 is 0 Å². The van der Waals surface area contributed by atoms with E-state index in [2.05, 4.69) is 19.3 Å². The van der Waals surface area contributed by atoms with Crippen LogP contribution in [0, 0.1) is 0 Å². The zero-order chi connectivity index (χ0) is 21.8. The number of quaternary nitrogens is 1. The van der Waals surface area contributed by atoms with E-state index in [1.54, 1.807) is 0 Å². The number of likely N-dealkylation sites (N-methyl/N-ethyl adjacent to an activating group) is 1. The third-order valence-corrected chi connectivity index (χ3v) is 6.17.